The fourth-order valence-electron chi connectivity index (χ4n) is 2.75. The number of aliphatic imine (C=N–C) groups is 1. The number of aromatic nitrogens is 2. The summed E-state index contributed by atoms with van der Waals surface area (Å²) in [6.07, 6.45) is 8.77. The first-order chi connectivity index (χ1) is 12.8. The van der Waals surface area contributed by atoms with Crippen molar-refractivity contribution in [1.29, 1.82) is 0 Å². The molecule has 1 saturated heterocycles. The van der Waals surface area contributed by atoms with Gasteiger partial charge in [-0.25, -0.2) is 15.0 Å². The largest absolute Gasteiger partial charge is 0.481 e. The zero-order valence-electron chi connectivity index (χ0n) is 15.0. The van der Waals surface area contributed by atoms with Crippen molar-refractivity contribution in [2.24, 2.45) is 10.7 Å². The van der Waals surface area contributed by atoms with Gasteiger partial charge in [-0.15, -0.1) is 30.4 Å². The Labute approximate surface area is 176 Å². The summed E-state index contributed by atoms with van der Waals surface area (Å²) in [7, 11) is 0. The molecular weight excluding hydrogens is 455 g/mol. The zero-order chi connectivity index (χ0) is 18.2. The number of terminal acetylenes is 1. The van der Waals surface area contributed by atoms with E-state index in [2.05, 4.69) is 30.7 Å². The second-order valence-electron chi connectivity index (χ2n) is 5.80. The average molecular weight is 478 g/mol. The number of ether oxygens (including phenoxy) is 1. The van der Waals surface area contributed by atoms with Crippen molar-refractivity contribution in [2.45, 2.75) is 6.54 Å². The van der Waals surface area contributed by atoms with E-state index in [1.165, 1.54) is 0 Å². The smallest absolute Gasteiger partial charge is 0.225 e. The number of benzene rings is 1. The van der Waals surface area contributed by atoms with Gasteiger partial charge in [0, 0.05) is 44.1 Å². The van der Waals surface area contributed by atoms with E-state index in [1.54, 1.807) is 12.4 Å². The van der Waals surface area contributed by atoms with E-state index in [0.29, 0.717) is 12.5 Å². The van der Waals surface area contributed by atoms with Crippen LogP contribution in [0.15, 0.2) is 47.7 Å². The first-order valence-electron chi connectivity index (χ1n) is 8.49. The van der Waals surface area contributed by atoms with Gasteiger partial charge in [-0.3, -0.25) is 0 Å². The maximum absolute atomic E-state index is 6.18. The van der Waals surface area contributed by atoms with E-state index in [1.807, 2.05) is 30.3 Å². The Morgan fingerprint density at radius 1 is 1.15 bits per heavy atom. The molecule has 0 unspecified atom stereocenters. The number of hydrogen-bond acceptors (Lipinski definition) is 5. The van der Waals surface area contributed by atoms with Crippen molar-refractivity contribution in [3.63, 3.8) is 0 Å². The van der Waals surface area contributed by atoms with Crippen LogP contribution in [0.1, 0.15) is 5.56 Å². The van der Waals surface area contributed by atoms with E-state index in [-0.39, 0.29) is 30.6 Å². The lowest BCUT2D eigenvalue weighted by atomic mass is 10.2. The van der Waals surface area contributed by atoms with Gasteiger partial charge in [0.2, 0.25) is 5.95 Å². The van der Waals surface area contributed by atoms with Crippen LogP contribution < -0.4 is 15.4 Å². The predicted molar refractivity (Wildman–Crippen MR) is 117 cm³/mol. The van der Waals surface area contributed by atoms with Gasteiger partial charge in [-0.1, -0.05) is 24.1 Å². The summed E-state index contributed by atoms with van der Waals surface area (Å²) < 4.78 is 5.55. The molecule has 2 N–H and O–H groups in total. The normalized spacial score (nSPS) is 14.3. The molecule has 2 aromatic rings. The number of nitrogens with zero attached hydrogens (tertiary/aromatic N) is 5. The highest BCUT2D eigenvalue weighted by Gasteiger charge is 2.19. The fourth-order valence-corrected chi connectivity index (χ4v) is 2.75. The van der Waals surface area contributed by atoms with E-state index < -0.39 is 0 Å². The molecule has 1 aromatic carbocycles. The Balaban J connectivity index is 0.00000261. The second-order valence-corrected chi connectivity index (χ2v) is 5.80. The minimum Gasteiger partial charge on any atom is -0.481 e. The van der Waals surface area contributed by atoms with E-state index in [0.717, 1.165) is 43.4 Å². The first-order valence-corrected chi connectivity index (χ1v) is 8.49. The molecule has 0 spiro atoms. The van der Waals surface area contributed by atoms with Crippen LogP contribution in [0.5, 0.6) is 5.75 Å². The number of nitrogens with two attached hydrogens (primary N) is 1. The molecule has 142 valence electrons. The third-order valence-electron chi connectivity index (χ3n) is 4.13. The summed E-state index contributed by atoms with van der Waals surface area (Å²) in [6, 6.07) is 9.52. The third-order valence-corrected chi connectivity index (χ3v) is 4.13. The van der Waals surface area contributed by atoms with Crippen LogP contribution in [0.25, 0.3) is 0 Å². The highest BCUT2D eigenvalue weighted by Crippen LogP contribution is 2.19. The van der Waals surface area contributed by atoms with Gasteiger partial charge in [0.15, 0.2) is 5.96 Å². The molecule has 1 aliphatic rings. The minimum atomic E-state index is 0. The van der Waals surface area contributed by atoms with Crippen LogP contribution in [0.3, 0.4) is 0 Å². The number of rotatable bonds is 5. The summed E-state index contributed by atoms with van der Waals surface area (Å²) in [4.78, 5) is 17.3. The maximum Gasteiger partial charge on any atom is 0.225 e. The zero-order valence-corrected chi connectivity index (χ0v) is 17.3. The monoisotopic (exact) mass is 478 g/mol. The van der Waals surface area contributed by atoms with Crippen LogP contribution in [0, 0.1) is 12.3 Å². The molecule has 0 atom stereocenters. The molecule has 0 aliphatic carbocycles. The first kappa shape index (κ1) is 20.8. The topological polar surface area (TPSA) is 79.9 Å². The summed E-state index contributed by atoms with van der Waals surface area (Å²) in [6.45, 7) is 3.87. The Morgan fingerprint density at radius 2 is 1.85 bits per heavy atom. The molecule has 27 heavy (non-hydrogen) atoms. The molecule has 0 radical (unpaired) electrons. The molecule has 2 heterocycles. The number of anilines is 1. The Hall–Kier alpha value is -2.54. The number of para-hydroxylation sites is 1. The molecule has 8 heteroatoms. The third kappa shape index (κ3) is 5.72. The number of guanidine groups is 1. The summed E-state index contributed by atoms with van der Waals surface area (Å²) in [5.74, 6) is 4.50. The molecule has 7 nitrogen and oxygen atoms in total. The molecule has 0 saturated carbocycles. The molecule has 3 rings (SSSR count). The van der Waals surface area contributed by atoms with Crippen molar-refractivity contribution in [1.82, 2.24) is 14.9 Å². The van der Waals surface area contributed by atoms with Crippen molar-refractivity contribution < 1.29 is 4.74 Å². The summed E-state index contributed by atoms with van der Waals surface area (Å²) in [5.41, 5.74) is 7.14. The fraction of sp³-hybridized carbons (Fsp3) is 0.316. The molecule has 0 bridgehead atoms. The molecular formula is C19H23IN6O. The van der Waals surface area contributed by atoms with Gasteiger partial charge in [-0.05, 0) is 12.1 Å². The maximum atomic E-state index is 6.18. The SMILES string of the molecule is C#CCOc1ccccc1CN=C(N)N1CCN(c2ncccn2)CC1.I. The number of hydrogen-bond donors (Lipinski definition) is 1. The van der Waals surface area contributed by atoms with Gasteiger partial charge in [0.1, 0.15) is 12.4 Å². The van der Waals surface area contributed by atoms with Crippen molar-refractivity contribution in [3.05, 3.63) is 48.3 Å². The van der Waals surface area contributed by atoms with Crippen molar-refractivity contribution in [2.75, 3.05) is 37.7 Å². The standard InChI is InChI=1S/C19H22N6O.HI/c1-2-14-26-17-7-4-3-6-16(17)15-23-18(20)24-10-12-25(13-11-24)19-21-8-5-9-22-19;/h1,3-9H,10-15H2,(H2,20,23);1H. The van der Waals surface area contributed by atoms with Crippen LogP contribution in [0.2, 0.25) is 0 Å². The predicted octanol–water partition coefficient (Wildman–Crippen LogP) is 1.74. The van der Waals surface area contributed by atoms with E-state index in [9.17, 15) is 0 Å². The molecule has 0 amide bonds. The molecule has 1 fully saturated rings. The highest BCUT2D eigenvalue weighted by atomic mass is 127. The van der Waals surface area contributed by atoms with E-state index in [4.69, 9.17) is 16.9 Å². The number of halogens is 1. The quantitative estimate of drug-likeness (QED) is 0.305. The molecule has 1 aliphatic heterocycles. The summed E-state index contributed by atoms with van der Waals surface area (Å²) in [5, 5.41) is 0. The highest BCUT2D eigenvalue weighted by molar-refractivity contribution is 14.0. The van der Waals surface area contributed by atoms with Crippen LogP contribution in [-0.2, 0) is 6.54 Å². The Morgan fingerprint density at radius 3 is 2.56 bits per heavy atom. The minimum absolute atomic E-state index is 0. The Bertz CT molecular complexity index is 784. The lowest BCUT2D eigenvalue weighted by Gasteiger charge is -2.35. The van der Waals surface area contributed by atoms with Crippen LogP contribution in [0.4, 0.5) is 5.95 Å². The van der Waals surface area contributed by atoms with Gasteiger partial charge < -0.3 is 20.3 Å². The van der Waals surface area contributed by atoms with Gasteiger partial charge in [0.05, 0.1) is 6.54 Å². The van der Waals surface area contributed by atoms with Crippen LogP contribution >= 0.6 is 24.0 Å². The average Bonchev–Trinajstić information content (AvgIpc) is 2.72. The molecule has 1 aromatic heterocycles. The van der Waals surface area contributed by atoms with Crippen molar-refractivity contribution >= 4 is 35.9 Å². The summed E-state index contributed by atoms with van der Waals surface area (Å²) >= 11 is 0. The lowest BCUT2D eigenvalue weighted by Crippen LogP contribution is -2.51. The van der Waals surface area contributed by atoms with Crippen LogP contribution in [-0.4, -0.2) is 53.6 Å². The van der Waals surface area contributed by atoms with Gasteiger partial charge in [0.25, 0.3) is 0 Å². The second kappa shape index (κ2) is 10.6. The lowest BCUT2D eigenvalue weighted by molar-refractivity contribution is 0.365. The number of piperazine rings is 1. The van der Waals surface area contributed by atoms with Gasteiger partial charge >= 0.3 is 0 Å². The van der Waals surface area contributed by atoms with Gasteiger partial charge in [-0.2, -0.15) is 0 Å². The van der Waals surface area contributed by atoms with E-state index >= 15 is 0 Å². The van der Waals surface area contributed by atoms with Crippen molar-refractivity contribution in [3.8, 4) is 18.1 Å². The Kier molecular flexibility index (Phi) is 8.13.